The van der Waals surface area contributed by atoms with Crippen molar-refractivity contribution < 1.29 is 9.59 Å². The van der Waals surface area contributed by atoms with Crippen molar-refractivity contribution in [3.05, 3.63) is 65.5 Å². The molecule has 0 aliphatic rings. The highest BCUT2D eigenvalue weighted by molar-refractivity contribution is 5.96. The molecule has 2 N–H and O–H groups in total. The van der Waals surface area contributed by atoms with Gasteiger partial charge in [0.1, 0.15) is 11.4 Å². The molecule has 1 aromatic heterocycles. The zero-order chi connectivity index (χ0) is 16.7. The summed E-state index contributed by atoms with van der Waals surface area (Å²) in [4.78, 5) is 28.4. The number of nitrogens with one attached hydrogen (secondary N) is 2. The Kier molecular flexibility index (Phi) is 5.86. The third-order valence-corrected chi connectivity index (χ3v) is 3.50. The van der Waals surface area contributed by atoms with Crippen molar-refractivity contribution in [1.29, 1.82) is 0 Å². The molecule has 5 heteroatoms. The van der Waals surface area contributed by atoms with Crippen molar-refractivity contribution in [2.75, 3.05) is 0 Å². The average Bonchev–Trinajstić information content (AvgIpc) is 2.60. The molecule has 0 aliphatic heterocycles. The first-order chi connectivity index (χ1) is 11.1. The Hall–Kier alpha value is -2.69. The molecule has 1 unspecified atom stereocenters. The molecule has 0 spiro atoms. The number of carbonyl (C=O) groups excluding carboxylic acids is 2. The van der Waals surface area contributed by atoms with Crippen molar-refractivity contribution in [2.45, 2.75) is 32.9 Å². The summed E-state index contributed by atoms with van der Waals surface area (Å²) >= 11 is 0. The van der Waals surface area contributed by atoms with E-state index in [0.29, 0.717) is 6.54 Å². The van der Waals surface area contributed by atoms with Crippen molar-refractivity contribution in [2.24, 2.45) is 0 Å². The standard InChI is InChI=1S/C18H21N3O2/c1-3-13(2)20-18(23)16-11-7-10-15(21-16)17(22)19-12-14-8-5-4-6-9-14/h4-11,13H,3,12H2,1-2H3,(H,19,22)(H,20,23). The number of pyridine rings is 1. The topological polar surface area (TPSA) is 71.1 Å². The van der Waals surface area contributed by atoms with Crippen LogP contribution in [0.4, 0.5) is 0 Å². The van der Waals surface area contributed by atoms with E-state index in [0.717, 1.165) is 12.0 Å². The van der Waals surface area contributed by atoms with Crippen LogP contribution >= 0.6 is 0 Å². The number of amides is 2. The van der Waals surface area contributed by atoms with Gasteiger partial charge in [-0.2, -0.15) is 0 Å². The molecule has 2 amide bonds. The van der Waals surface area contributed by atoms with Crippen molar-refractivity contribution in [3.63, 3.8) is 0 Å². The Labute approximate surface area is 136 Å². The van der Waals surface area contributed by atoms with Crippen LogP contribution in [0.2, 0.25) is 0 Å². The molecule has 0 fully saturated rings. The number of aromatic nitrogens is 1. The summed E-state index contributed by atoms with van der Waals surface area (Å²) in [5.74, 6) is -0.566. The first kappa shape index (κ1) is 16.7. The fraction of sp³-hybridized carbons (Fsp3) is 0.278. The number of hydrogen-bond donors (Lipinski definition) is 2. The SMILES string of the molecule is CCC(C)NC(=O)c1cccc(C(=O)NCc2ccccc2)n1. The molecule has 5 nitrogen and oxygen atoms in total. The van der Waals surface area contributed by atoms with Crippen LogP contribution in [-0.4, -0.2) is 22.8 Å². The minimum atomic E-state index is -0.299. The Morgan fingerprint density at radius 3 is 2.30 bits per heavy atom. The first-order valence-electron chi connectivity index (χ1n) is 7.70. The summed E-state index contributed by atoms with van der Waals surface area (Å²) in [6, 6.07) is 14.6. The van der Waals surface area contributed by atoms with Crippen LogP contribution in [0.1, 0.15) is 46.8 Å². The van der Waals surface area contributed by atoms with E-state index < -0.39 is 0 Å². The van der Waals surface area contributed by atoms with E-state index in [1.165, 1.54) is 0 Å². The number of rotatable bonds is 6. The fourth-order valence-corrected chi connectivity index (χ4v) is 1.96. The Morgan fingerprint density at radius 1 is 1.00 bits per heavy atom. The molecule has 2 rings (SSSR count). The molecule has 1 heterocycles. The molecule has 0 bridgehead atoms. The van der Waals surface area contributed by atoms with Gasteiger partial charge in [0.05, 0.1) is 0 Å². The van der Waals surface area contributed by atoms with Crippen LogP contribution in [0.15, 0.2) is 48.5 Å². The number of nitrogens with zero attached hydrogens (tertiary/aromatic N) is 1. The van der Waals surface area contributed by atoms with E-state index in [9.17, 15) is 9.59 Å². The number of carbonyl (C=O) groups is 2. The molecule has 1 aromatic carbocycles. The predicted molar refractivity (Wildman–Crippen MR) is 89.1 cm³/mol. The van der Waals surface area contributed by atoms with E-state index in [-0.39, 0.29) is 29.2 Å². The van der Waals surface area contributed by atoms with Gasteiger partial charge in [0.15, 0.2) is 0 Å². The van der Waals surface area contributed by atoms with Gasteiger partial charge < -0.3 is 10.6 Å². The fourth-order valence-electron chi connectivity index (χ4n) is 1.96. The van der Waals surface area contributed by atoms with Gasteiger partial charge in [-0.05, 0) is 31.0 Å². The number of hydrogen-bond acceptors (Lipinski definition) is 3. The van der Waals surface area contributed by atoms with E-state index in [4.69, 9.17) is 0 Å². The average molecular weight is 311 g/mol. The van der Waals surface area contributed by atoms with Crippen LogP contribution in [-0.2, 0) is 6.54 Å². The molecular formula is C18H21N3O2. The minimum Gasteiger partial charge on any atom is -0.348 e. The zero-order valence-electron chi connectivity index (χ0n) is 13.4. The molecule has 0 saturated heterocycles. The maximum absolute atomic E-state index is 12.2. The van der Waals surface area contributed by atoms with Crippen LogP contribution in [0, 0.1) is 0 Å². The lowest BCUT2D eigenvalue weighted by atomic mass is 10.2. The summed E-state index contributed by atoms with van der Waals surface area (Å²) in [6.45, 7) is 4.34. The van der Waals surface area contributed by atoms with Crippen LogP contribution in [0.3, 0.4) is 0 Å². The highest BCUT2D eigenvalue weighted by Gasteiger charge is 2.13. The number of benzene rings is 1. The summed E-state index contributed by atoms with van der Waals surface area (Å²) in [6.07, 6.45) is 0.836. The van der Waals surface area contributed by atoms with Crippen LogP contribution in [0.25, 0.3) is 0 Å². The molecular weight excluding hydrogens is 290 g/mol. The summed E-state index contributed by atoms with van der Waals surface area (Å²) in [5.41, 5.74) is 1.49. The largest absolute Gasteiger partial charge is 0.348 e. The minimum absolute atomic E-state index is 0.0693. The van der Waals surface area contributed by atoms with Crippen LogP contribution in [0.5, 0.6) is 0 Å². The third-order valence-electron chi connectivity index (χ3n) is 3.50. The van der Waals surface area contributed by atoms with Gasteiger partial charge in [-0.15, -0.1) is 0 Å². The van der Waals surface area contributed by atoms with Gasteiger partial charge >= 0.3 is 0 Å². The van der Waals surface area contributed by atoms with Gasteiger partial charge in [-0.25, -0.2) is 4.98 Å². The summed E-state index contributed by atoms with van der Waals surface area (Å²) < 4.78 is 0. The van der Waals surface area contributed by atoms with Crippen molar-refractivity contribution >= 4 is 11.8 Å². The van der Waals surface area contributed by atoms with Gasteiger partial charge in [-0.1, -0.05) is 43.3 Å². The Balaban J connectivity index is 2.01. The highest BCUT2D eigenvalue weighted by atomic mass is 16.2. The maximum atomic E-state index is 12.2. The smallest absolute Gasteiger partial charge is 0.270 e. The zero-order valence-corrected chi connectivity index (χ0v) is 13.4. The van der Waals surface area contributed by atoms with E-state index in [2.05, 4.69) is 15.6 Å². The molecule has 23 heavy (non-hydrogen) atoms. The summed E-state index contributed by atoms with van der Waals surface area (Å²) in [5, 5.41) is 5.64. The van der Waals surface area contributed by atoms with Crippen LogP contribution < -0.4 is 10.6 Å². The van der Waals surface area contributed by atoms with Gasteiger partial charge in [0, 0.05) is 12.6 Å². The second kappa shape index (κ2) is 8.08. The summed E-state index contributed by atoms with van der Waals surface area (Å²) in [7, 11) is 0. The molecule has 120 valence electrons. The predicted octanol–water partition coefficient (Wildman–Crippen LogP) is 2.54. The van der Waals surface area contributed by atoms with Crippen molar-refractivity contribution in [3.8, 4) is 0 Å². The lowest BCUT2D eigenvalue weighted by Gasteiger charge is -2.11. The molecule has 0 saturated carbocycles. The second-order valence-corrected chi connectivity index (χ2v) is 5.36. The lowest BCUT2D eigenvalue weighted by Crippen LogP contribution is -2.33. The van der Waals surface area contributed by atoms with Gasteiger partial charge in [0.25, 0.3) is 11.8 Å². The van der Waals surface area contributed by atoms with E-state index in [1.807, 2.05) is 44.2 Å². The van der Waals surface area contributed by atoms with E-state index in [1.54, 1.807) is 18.2 Å². The Morgan fingerprint density at radius 2 is 1.65 bits per heavy atom. The highest BCUT2D eigenvalue weighted by Crippen LogP contribution is 2.03. The quantitative estimate of drug-likeness (QED) is 0.861. The molecule has 1 atom stereocenters. The molecule has 2 aromatic rings. The second-order valence-electron chi connectivity index (χ2n) is 5.36. The monoisotopic (exact) mass is 311 g/mol. The lowest BCUT2D eigenvalue weighted by molar-refractivity contribution is 0.0933. The van der Waals surface area contributed by atoms with E-state index >= 15 is 0 Å². The third kappa shape index (κ3) is 4.92. The Bertz CT molecular complexity index is 671. The molecule has 0 radical (unpaired) electrons. The normalized spacial score (nSPS) is 11.6. The first-order valence-corrected chi connectivity index (χ1v) is 7.70. The molecule has 0 aliphatic carbocycles. The maximum Gasteiger partial charge on any atom is 0.270 e. The van der Waals surface area contributed by atoms with Gasteiger partial charge in [-0.3, -0.25) is 9.59 Å². The van der Waals surface area contributed by atoms with Crippen molar-refractivity contribution in [1.82, 2.24) is 15.6 Å². The van der Waals surface area contributed by atoms with Gasteiger partial charge in [0.2, 0.25) is 0 Å².